The number of unbranched alkanes of at least 4 members (excludes halogenated alkanes) is 1. The lowest BCUT2D eigenvalue weighted by Crippen LogP contribution is -2.61. The lowest BCUT2D eigenvalue weighted by Gasteiger charge is -2.30. The van der Waals surface area contributed by atoms with Crippen LogP contribution in [0.15, 0.2) is 12.5 Å². The smallest absolute Gasteiger partial charge is 0.303 e. The molecule has 3 aliphatic heterocycles. The SMILES string of the molecule is CC(C)C[C@@H]1NC(=O)[C@H](C)NC(=O)[C@@H]([C@@H](C)O)NC(=O)[C@H](CCC(=O)O)NC(=O)[C@H]2CCCN2C(=O)[C@H](C)NC(=O)[C@H](CCCCN)NC(=O)[C@@H]2CSSC[C@@H](C(=O)N[C@@H](CCC(N)=O)C(=O)N[C@@H](CCC(N)=O)C(=O)N[C@@H](Cc3c[nH]cn3)C(N)=O)NC(=O)[C@H](CCCNC(=N)N)NC(=O)[C@H](CCCNC(=N)N)NC(=O)[C@H](C)NC(=O)[C@H](CSSC[C@H](N)C(=O)N[C@@H](CC(N)=O)C(=O)N2)NC1=O. The second-order valence-electron chi connectivity index (χ2n) is 33.2. The summed E-state index contributed by atoms with van der Waals surface area (Å²) in [5.74, 6) is -29.3. The minimum atomic E-state index is -2.01. The molecule has 39 N–H and O–H groups in total. The first-order valence-corrected chi connectivity index (χ1v) is 49.3. The number of imidazole rings is 1. The van der Waals surface area contributed by atoms with Crippen molar-refractivity contribution in [3.05, 3.63) is 18.2 Å². The van der Waals surface area contributed by atoms with Crippen LogP contribution in [0.2, 0.25) is 0 Å². The largest absolute Gasteiger partial charge is 0.481 e. The Morgan fingerprint density at radius 3 is 1.46 bits per heavy atom. The minimum Gasteiger partial charge on any atom is -0.481 e. The van der Waals surface area contributed by atoms with E-state index in [1.807, 2.05) is 0 Å². The summed E-state index contributed by atoms with van der Waals surface area (Å²) in [6.45, 7) is 7.48. The summed E-state index contributed by atoms with van der Waals surface area (Å²) in [7, 11) is 2.86. The van der Waals surface area contributed by atoms with E-state index in [1.165, 1.54) is 19.4 Å². The van der Waals surface area contributed by atoms with Gasteiger partial charge in [-0.2, -0.15) is 0 Å². The predicted octanol–water partition coefficient (Wildman–Crippen LogP) is -12.3. The molecule has 19 atom stereocenters. The fourth-order valence-corrected chi connectivity index (χ4v) is 18.3. The molecule has 4 rings (SSSR count). The predicted molar refractivity (Wildman–Crippen MR) is 502 cm³/mol. The Kier molecular flexibility index (Phi) is 51.3. The molecule has 0 aliphatic carbocycles. The number of aliphatic hydroxyl groups is 1. The molecule has 55 nitrogen and oxygen atoms in total. The number of rotatable bonds is 35. The monoisotopic (exact) mass is 2030 g/mol. The van der Waals surface area contributed by atoms with Gasteiger partial charge in [0, 0.05) is 74.5 Å². The fourth-order valence-electron chi connectivity index (χ4n) is 13.7. The molecule has 59 heteroatoms. The lowest BCUT2D eigenvalue weighted by molar-refractivity contribution is -0.142. The van der Waals surface area contributed by atoms with Gasteiger partial charge in [-0.25, -0.2) is 4.98 Å². The summed E-state index contributed by atoms with van der Waals surface area (Å²) in [5, 5.41) is 80.7. The molecule has 770 valence electrons. The second kappa shape index (κ2) is 60.2. The molecule has 2 bridgehead atoms. The Balaban J connectivity index is 2.11. The summed E-state index contributed by atoms with van der Waals surface area (Å²) in [4.78, 5) is 320. The van der Waals surface area contributed by atoms with E-state index >= 15 is 19.2 Å². The van der Waals surface area contributed by atoms with Gasteiger partial charge in [-0.3, -0.25) is 116 Å². The van der Waals surface area contributed by atoms with E-state index in [0.717, 1.165) is 47.3 Å². The van der Waals surface area contributed by atoms with Crippen molar-refractivity contribution in [3.8, 4) is 0 Å². The van der Waals surface area contributed by atoms with Gasteiger partial charge in [-0.1, -0.05) is 57.0 Å². The highest BCUT2D eigenvalue weighted by molar-refractivity contribution is 8.77. The van der Waals surface area contributed by atoms with Gasteiger partial charge in [0.05, 0.1) is 30.6 Å². The van der Waals surface area contributed by atoms with E-state index in [4.69, 9.17) is 56.7 Å². The fraction of sp³-hybridized carbons (Fsp3) is 0.658. The van der Waals surface area contributed by atoms with Crippen molar-refractivity contribution in [2.75, 3.05) is 49.2 Å². The molecule has 1 aromatic rings. The highest BCUT2D eigenvalue weighted by atomic mass is 33.1. The third kappa shape index (κ3) is 42.5. The number of aromatic amines is 1. The van der Waals surface area contributed by atoms with Gasteiger partial charge in [-0.15, -0.1) is 0 Å². The summed E-state index contributed by atoms with van der Waals surface area (Å²) in [6.07, 6.45) is -5.53. The number of nitrogens with one attached hydrogen (secondary N) is 21. The number of fused-ring (bicyclic) bond motifs is 12. The van der Waals surface area contributed by atoms with E-state index in [-0.39, 0.29) is 96.1 Å². The van der Waals surface area contributed by atoms with Crippen LogP contribution in [0.5, 0.6) is 0 Å². The molecule has 3 saturated heterocycles. The molecule has 0 aromatic carbocycles. The number of H-pyrrole nitrogens is 1. The molecule has 21 amide bonds. The zero-order chi connectivity index (χ0) is 103. The van der Waals surface area contributed by atoms with Crippen molar-refractivity contribution >= 4 is 185 Å². The molecule has 1 aromatic heterocycles. The maximum Gasteiger partial charge on any atom is 0.303 e. The van der Waals surface area contributed by atoms with Gasteiger partial charge < -0.3 is 162 Å². The highest BCUT2D eigenvalue weighted by Gasteiger charge is 2.43. The maximum atomic E-state index is 15.4. The molecule has 4 heterocycles. The van der Waals surface area contributed by atoms with Crippen molar-refractivity contribution in [3.63, 3.8) is 0 Å². The van der Waals surface area contributed by atoms with Crippen LogP contribution in [0.25, 0.3) is 0 Å². The van der Waals surface area contributed by atoms with Crippen molar-refractivity contribution in [1.29, 1.82) is 10.8 Å². The first-order chi connectivity index (χ1) is 65.0. The van der Waals surface area contributed by atoms with E-state index < -0.39 is 337 Å². The molecular weight excluding hydrogens is 1900 g/mol. The van der Waals surface area contributed by atoms with Crippen LogP contribution >= 0.6 is 43.2 Å². The van der Waals surface area contributed by atoms with Crippen LogP contribution in [0, 0.1) is 16.7 Å². The number of guanidine groups is 2. The van der Waals surface area contributed by atoms with Gasteiger partial charge in [-0.05, 0) is 124 Å². The van der Waals surface area contributed by atoms with Crippen molar-refractivity contribution < 1.29 is 116 Å². The van der Waals surface area contributed by atoms with Gasteiger partial charge in [0.15, 0.2) is 11.9 Å². The minimum absolute atomic E-state index is 0.0326. The average molecular weight is 2030 g/mol. The second-order valence-corrected chi connectivity index (χ2v) is 38.3. The van der Waals surface area contributed by atoms with Crippen molar-refractivity contribution in [2.24, 2.45) is 51.8 Å². The first-order valence-electron chi connectivity index (χ1n) is 44.3. The van der Waals surface area contributed by atoms with E-state index in [9.17, 15) is 96.5 Å². The van der Waals surface area contributed by atoms with Crippen molar-refractivity contribution in [2.45, 2.75) is 272 Å². The summed E-state index contributed by atoms with van der Waals surface area (Å²) >= 11 is 0. The van der Waals surface area contributed by atoms with Crippen LogP contribution in [-0.4, -0.2) is 331 Å². The number of aliphatic hydroxyl groups excluding tert-OH is 1. The normalized spacial score (nSPS) is 25.1. The Bertz CT molecular complexity index is 4470. The van der Waals surface area contributed by atoms with Crippen LogP contribution in [0.3, 0.4) is 0 Å². The molecular formula is C79H131N31O24S4. The number of hydrogen-bond acceptors (Lipinski definition) is 32. The lowest BCUT2D eigenvalue weighted by atomic mass is 10.0. The zero-order valence-electron chi connectivity index (χ0n) is 77.1. The van der Waals surface area contributed by atoms with Crippen LogP contribution in [0.4, 0.5) is 0 Å². The number of aliphatic carboxylic acids is 1. The topological polar surface area (TPSA) is 920 Å². The van der Waals surface area contributed by atoms with Gasteiger partial charge in [0.25, 0.3) is 0 Å². The maximum absolute atomic E-state index is 15.4. The van der Waals surface area contributed by atoms with Gasteiger partial charge in [0.1, 0.15) is 103 Å². The summed E-state index contributed by atoms with van der Waals surface area (Å²) in [5.41, 5.74) is 46.1. The number of carboxylic acid groups (broad SMARTS) is 1. The number of primary amides is 4. The summed E-state index contributed by atoms with van der Waals surface area (Å²) in [6, 6.07) is -31.5. The molecule has 0 spiro atoms. The zero-order valence-corrected chi connectivity index (χ0v) is 80.4. The van der Waals surface area contributed by atoms with Gasteiger partial charge >= 0.3 is 5.97 Å². The number of amides is 21. The molecule has 0 saturated carbocycles. The first kappa shape index (κ1) is 118. The highest BCUT2D eigenvalue weighted by Crippen LogP contribution is 2.27. The standard InChI is InChI=1S/C79H131N31O24S4/c1-35(2)26-49-70(127)107-51-31-136-135-30-41(81)63(120)105-50(28-57(84)114)71(128)108-53(73(130)99-42(12-7-8-22-80)64(121)96-38(5)77(134)110-25-11-15-54(110)75(132)102-47(18-21-58(115)116)69(126)109-59(39(6)111)76(133)95-37(4)62(119)104-49)33-138-137-32-52(106-66(123)44(14-10-24-92-79(88)89)98-65(122)43(13-9-23-91-78(86)87)97-61(118)36(3)94-72(51)129)74(131)101-45(16-19-55(82)112)67(124)100-46(17-20-56(83)113)68(125)103-48(60(85)117)27-40-29-90-34-93-40/h29,34-39,41-54,59,111H,7-28,30-33,80-81H2,1-6H3,(H2,82,112)(H2,83,113)(H2,84,114)(H2,85,117)(H,90,93)(H,94,129)(H,95,133)(H,96,121)(H,97,118)(H,98,122)(H,99,130)(H,100,124)(H,101,131)(H,102,132)(H,103,125)(H,104,119)(H,105,120)(H,106,123)(H,107,127)(H,108,128)(H,109,126)(H,115,116)(H4,86,87,91)(H4,88,89,92)/t36-,37-,38-,39+,41-,42-,43-,44-,45-,46-,47-,48-,49-,50-,51-,52-,53-,54+,59+/m0/s1. The molecule has 138 heavy (non-hydrogen) atoms. The third-order valence-electron chi connectivity index (χ3n) is 21.2. The number of nitrogens with zero attached hydrogens (tertiary/aromatic N) is 2. The van der Waals surface area contributed by atoms with E-state index in [1.54, 1.807) is 13.8 Å². The molecule has 3 aliphatic rings. The Labute approximate surface area is 809 Å². The molecule has 3 fully saturated rings. The van der Waals surface area contributed by atoms with Crippen LogP contribution in [0.1, 0.15) is 156 Å². The Hall–Kier alpha value is -12.6. The van der Waals surface area contributed by atoms with Crippen molar-refractivity contribution in [1.82, 2.24) is 111 Å². The molecule has 0 unspecified atom stereocenters. The number of hydrogen-bond donors (Lipinski definition) is 31. The van der Waals surface area contributed by atoms with Gasteiger partial charge in [0.2, 0.25) is 124 Å². The van der Waals surface area contributed by atoms with Crippen LogP contribution in [-0.2, 0) is 112 Å². The third-order valence-corrected chi connectivity index (χ3v) is 26.1. The average Bonchev–Trinajstić information content (AvgIpc) is 1.66. The summed E-state index contributed by atoms with van der Waals surface area (Å²) < 4.78 is 0. The number of carboxylic acids is 1. The number of aromatic nitrogens is 2. The number of nitrogens with two attached hydrogens (primary N) is 8. The molecule has 0 radical (unpaired) electrons. The number of carbonyl (C=O) groups excluding carboxylic acids is 21. The van der Waals surface area contributed by atoms with Crippen LogP contribution < -0.4 is 142 Å². The Morgan fingerprint density at radius 2 is 0.942 bits per heavy atom. The Morgan fingerprint density at radius 1 is 0.493 bits per heavy atom. The van der Waals surface area contributed by atoms with E-state index in [2.05, 4.69) is 106 Å². The number of carbonyl (C=O) groups is 22. The van der Waals surface area contributed by atoms with E-state index in [0.29, 0.717) is 21.6 Å². The quantitative estimate of drug-likeness (QED) is 0.0130.